The van der Waals surface area contributed by atoms with Crippen molar-refractivity contribution < 1.29 is 30.0 Å². The number of nitrogens with zero attached hydrogens (tertiary/aromatic N) is 1. The zero-order valence-electron chi connectivity index (χ0n) is 32.1. The largest absolute Gasteiger partial charge is 0.512 e. The zero-order valence-corrected chi connectivity index (χ0v) is 34.5. The first kappa shape index (κ1) is 40.0. The van der Waals surface area contributed by atoms with Crippen LogP contribution in [0.1, 0.15) is 141 Å². The first-order valence-corrected chi connectivity index (χ1v) is 18.9. The summed E-state index contributed by atoms with van der Waals surface area (Å²) in [6.07, 6.45) is 13.7. The minimum atomic E-state index is 0. The van der Waals surface area contributed by atoms with Gasteiger partial charge in [0.15, 0.2) is 5.78 Å². The van der Waals surface area contributed by atoms with Gasteiger partial charge in [0.25, 0.3) is 0 Å². The van der Waals surface area contributed by atoms with Gasteiger partial charge in [-0.2, -0.15) is 0 Å². The van der Waals surface area contributed by atoms with E-state index in [0.29, 0.717) is 36.0 Å². The van der Waals surface area contributed by atoms with Crippen molar-refractivity contribution in [1.29, 1.82) is 0 Å². The van der Waals surface area contributed by atoms with Crippen LogP contribution in [-0.2, 0) is 30.3 Å². The molecule has 4 heteroatoms. The van der Waals surface area contributed by atoms with Gasteiger partial charge in [-0.1, -0.05) is 103 Å². The van der Waals surface area contributed by atoms with E-state index in [1.165, 1.54) is 95.9 Å². The number of hydrogen-bond donors (Lipinski definition) is 1. The van der Waals surface area contributed by atoms with E-state index in [1.54, 1.807) is 0 Å². The van der Waals surface area contributed by atoms with Crippen LogP contribution < -0.4 is 0 Å². The predicted molar refractivity (Wildman–Crippen MR) is 208 cm³/mol. The van der Waals surface area contributed by atoms with Crippen molar-refractivity contribution in [2.24, 2.45) is 17.3 Å². The quantitative estimate of drug-likeness (QED) is 0.114. The summed E-state index contributed by atoms with van der Waals surface area (Å²) in [6.45, 7) is 19.4. The Morgan fingerprint density at radius 3 is 2.20 bits per heavy atom. The van der Waals surface area contributed by atoms with Gasteiger partial charge in [-0.05, 0) is 104 Å². The number of aliphatic hydroxyl groups is 1. The maximum Gasteiger partial charge on any atom is 0.159 e. The second-order valence-corrected chi connectivity index (χ2v) is 17.2. The number of rotatable bonds is 7. The monoisotopic (exact) mass is 851 g/mol. The molecule has 3 aromatic carbocycles. The molecular formula is C46H60IrNO2-. The van der Waals surface area contributed by atoms with Crippen molar-refractivity contribution in [3.8, 4) is 11.3 Å². The number of hydrogen-bond acceptors (Lipinski definition) is 3. The predicted octanol–water partition coefficient (Wildman–Crippen LogP) is 13.1. The number of aliphatic hydroxyl groups excluding tert-OH is 1. The van der Waals surface area contributed by atoms with Gasteiger partial charge in [0.1, 0.15) is 0 Å². The maximum atomic E-state index is 11.2. The summed E-state index contributed by atoms with van der Waals surface area (Å²) in [6, 6.07) is 21.9. The zero-order chi connectivity index (χ0) is 35.5. The number of carbonyl (C=O) groups excluding carboxylic acids is 1. The Bertz CT molecular complexity index is 1810. The van der Waals surface area contributed by atoms with Crippen molar-refractivity contribution in [3.63, 3.8) is 0 Å². The molecule has 0 amide bonds. The Labute approximate surface area is 316 Å². The van der Waals surface area contributed by atoms with E-state index in [2.05, 4.69) is 89.2 Å². The molecule has 1 N–H and O–H groups in total. The third-order valence-corrected chi connectivity index (χ3v) is 10.8. The molecule has 1 aromatic heterocycles. The molecule has 2 aliphatic rings. The molecule has 0 saturated heterocycles. The normalized spacial score (nSPS) is 16.6. The first-order chi connectivity index (χ1) is 23.1. The fraction of sp³-hybridized carbons (Fsp3) is 0.522. The SMILES string of the molecule is CC(C)CC(=O)/C=C(\O)CC(C)C.Cc1cc(C)c2c(C3CCC4(CCCC4)CC3)cc(-c3[c-]c4ccccc4c(C(C)(C)C)c3)nc2c1.[Ir]. The fourth-order valence-corrected chi connectivity index (χ4v) is 8.53. The Morgan fingerprint density at radius 2 is 1.58 bits per heavy atom. The standard InChI is InChI=1S/C35H40N.C11H20O2.Ir/c1-23-18-24(2)33-29(25-12-16-35(17-13-25)14-8-9-15-35)22-31(36-32(33)19-23)27-20-26-10-6-7-11-28(26)30(21-27)34(3,4)5;1-8(2)5-10(12)7-11(13)6-9(3)4;/h6-7,10-11,18-19,21-22,25H,8-9,12-17H2,1-5H3;7-9,12H,5-6H2,1-4H3;/q-1;;/b;10-7-;. The molecule has 2 fully saturated rings. The molecule has 0 unspecified atom stereocenters. The van der Waals surface area contributed by atoms with Gasteiger partial charge in [0.05, 0.1) is 11.3 Å². The van der Waals surface area contributed by atoms with Crippen molar-refractivity contribution in [3.05, 3.63) is 88.7 Å². The van der Waals surface area contributed by atoms with Gasteiger partial charge in [-0.25, -0.2) is 0 Å². The molecular weight excluding hydrogens is 791 g/mol. The molecule has 1 spiro atoms. The molecule has 50 heavy (non-hydrogen) atoms. The van der Waals surface area contributed by atoms with Crippen molar-refractivity contribution in [2.75, 3.05) is 0 Å². The van der Waals surface area contributed by atoms with Crippen LogP contribution in [0.3, 0.4) is 0 Å². The van der Waals surface area contributed by atoms with Crippen LogP contribution >= 0.6 is 0 Å². The Hall–Kier alpha value is -2.81. The van der Waals surface area contributed by atoms with E-state index in [-0.39, 0.29) is 37.1 Å². The third-order valence-electron chi connectivity index (χ3n) is 10.8. The number of benzene rings is 3. The number of pyridine rings is 1. The topological polar surface area (TPSA) is 50.2 Å². The minimum Gasteiger partial charge on any atom is -0.512 e. The summed E-state index contributed by atoms with van der Waals surface area (Å²) in [7, 11) is 0. The average Bonchev–Trinajstić information content (AvgIpc) is 3.46. The van der Waals surface area contributed by atoms with Crippen LogP contribution in [0.15, 0.2) is 60.4 Å². The summed E-state index contributed by atoms with van der Waals surface area (Å²) >= 11 is 0. The van der Waals surface area contributed by atoms with E-state index in [4.69, 9.17) is 4.98 Å². The molecule has 0 atom stereocenters. The van der Waals surface area contributed by atoms with Crippen LogP contribution in [0.5, 0.6) is 0 Å². The summed E-state index contributed by atoms with van der Waals surface area (Å²) in [5.74, 6) is 1.61. The number of aromatic nitrogens is 1. The van der Waals surface area contributed by atoms with E-state index >= 15 is 0 Å². The summed E-state index contributed by atoms with van der Waals surface area (Å²) in [5, 5.41) is 13.2. The van der Waals surface area contributed by atoms with Gasteiger partial charge >= 0.3 is 0 Å². The molecule has 6 rings (SSSR count). The second kappa shape index (κ2) is 16.7. The second-order valence-electron chi connectivity index (χ2n) is 17.2. The molecule has 0 bridgehead atoms. The fourth-order valence-electron chi connectivity index (χ4n) is 8.53. The van der Waals surface area contributed by atoms with E-state index in [1.807, 2.05) is 27.7 Å². The number of carbonyl (C=O) groups is 1. The molecule has 1 heterocycles. The number of allylic oxidation sites excluding steroid dienone is 2. The molecule has 271 valence electrons. The number of fused-ring (bicyclic) bond motifs is 2. The summed E-state index contributed by atoms with van der Waals surface area (Å²) in [5.41, 5.74) is 9.64. The van der Waals surface area contributed by atoms with Gasteiger partial charge in [0.2, 0.25) is 0 Å². The minimum absolute atomic E-state index is 0. The van der Waals surface area contributed by atoms with Crippen LogP contribution in [-0.4, -0.2) is 15.9 Å². The van der Waals surface area contributed by atoms with E-state index < -0.39 is 0 Å². The Balaban J connectivity index is 0.000000345. The number of ketones is 1. The van der Waals surface area contributed by atoms with Crippen LogP contribution in [0.4, 0.5) is 0 Å². The molecule has 4 aromatic rings. The smallest absolute Gasteiger partial charge is 0.159 e. The summed E-state index contributed by atoms with van der Waals surface area (Å²) in [4.78, 5) is 16.5. The Morgan fingerprint density at radius 1 is 0.940 bits per heavy atom. The van der Waals surface area contributed by atoms with E-state index in [0.717, 1.165) is 16.8 Å². The maximum absolute atomic E-state index is 11.2. The molecule has 2 saturated carbocycles. The van der Waals surface area contributed by atoms with Crippen molar-refractivity contribution in [2.45, 2.75) is 138 Å². The van der Waals surface area contributed by atoms with Crippen molar-refractivity contribution >= 4 is 27.5 Å². The third kappa shape index (κ3) is 9.74. The van der Waals surface area contributed by atoms with Crippen molar-refractivity contribution in [1.82, 2.24) is 4.98 Å². The molecule has 2 aliphatic carbocycles. The van der Waals surface area contributed by atoms with Gasteiger partial charge in [-0.15, -0.1) is 29.1 Å². The van der Waals surface area contributed by atoms with Gasteiger partial charge < -0.3 is 5.11 Å². The van der Waals surface area contributed by atoms with Crippen LogP contribution in [0.25, 0.3) is 32.9 Å². The first-order valence-electron chi connectivity index (χ1n) is 18.9. The van der Waals surface area contributed by atoms with Crippen LogP contribution in [0.2, 0.25) is 0 Å². The number of aryl methyl sites for hydroxylation is 2. The van der Waals surface area contributed by atoms with E-state index in [9.17, 15) is 9.90 Å². The molecule has 1 radical (unpaired) electrons. The molecule has 0 aliphatic heterocycles. The average molecular weight is 851 g/mol. The van der Waals surface area contributed by atoms with Gasteiger partial charge in [-0.3, -0.25) is 9.78 Å². The Kier molecular flexibility index (Phi) is 13.3. The van der Waals surface area contributed by atoms with Crippen LogP contribution in [0, 0.1) is 37.2 Å². The molecule has 3 nitrogen and oxygen atoms in total. The summed E-state index contributed by atoms with van der Waals surface area (Å²) < 4.78 is 0. The van der Waals surface area contributed by atoms with Gasteiger partial charge in [0, 0.05) is 50.1 Å².